The maximum Gasteiger partial charge on any atom is 0.237 e. The van der Waals surface area contributed by atoms with Crippen molar-refractivity contribution in [2.24, 2.45) is 0 Å². The molecule has 3 N–H and O–H groups in total. The fraction of sp³-hybridized carbons (Fsp3) is 0.929. The molecule has 0 spiro atoms. The van der Waals surface area contributed by atoms with Gasteiger partial charge in [0.25, 0.3) is 0 Å². The summed E-state index contributed by atoms with van der Waals surface area (Å²) in [5.74, 6) is 0.0775. The molecule has 0 saturated carbocycles. The van der Waals surface area contributed by atoms with Crippen LogP contribution < -0.4 is 16.0 Å². The molecule has 0 aromatic rings. The van der Waals surface area contributed by atoms with Gasteiger partial charge in [0.05, 0.1) is 6.04 Å². The zero-order chi connectivity index (χ0) is 13.8. The van der Waals surface area contributed by atoms with Crippen molar-refractivity contribution in [2.75, 3.05) is 6.54 Å². The van der Waals surface area contributed by atoms with Crippen molar-refractivity contribution in [1.29, 1.82) is 0 Å². The lowest BCUT2D eigenvalue weighted by molar-refractivity contribution is -0.124. The summed E-state index contributed by atoms with van der Waals surface area (Å²) in [5.41, 5.74) is -0.163. The summed E-state index contributed by atoms with van der Waals surface area (Å²) in [6.07, 6.45) is 3.62. The SMILES string of the molecule is CC(CC1CCCN1)NC(C)C(=O)NC(C)(C)C. The van der Waals surface area contributed by atoms with Gasteiger partial charge in [0.2, 0.25) is 5.91 Å². The molecule has 18 heavy (non-hydrogen) atoms. The molecule has 3 unspecified atom stereocenters. The van der Waals surface area contributed by atoms with Crippen LogP contribution in [0.4, 0.5) is 0 Å². The Morgan fingerprint density at radius 3 is 2.56 bits per heavy atom. The lowest BCUT2D eigenvalue weighted by Gasteiger charge is -2.26. The molecule has 0 bridgehead atoms. The molecule has 1 saturated heterocycles. The molecule has 4 heteroatoms. The standard InChI is InChI=1S/C14H29N3O/c1-10(9-12-7-6-8-15-12)16-11(2)13(18)17-14(3,4)5/h10-12,15-16H,6-9H2,1-5H3,(H,17,18). The van der Waals surface area contributed by atoms with Crippen LogP contribution in [0.5, 0.6) is 0 Å². The Hall–Kier alpha value is -0.610. The molecule has 3 atom stereocenters. The summed E-state index contributed by atoms with van der Waals surface area (Å²) in [6, 6.07) is 0.840. The van der Waals surface area contributed by atoms with E-state index in [1.165, 1.54) is 12.8 Å². The minimum atomic E-state index is -0.163. The van der Waals surface area contributed by atoms with E-state index < -0.39 is 0 Å². The summed E-state index contributed by atoms with van der Waals surface area (Å²) in [5, 5.41) is 9.87. The minimum Gasteiger partial charge on any atom is -0.350 e. The Bertz CT molecular complexity index is 267. The number of hydrogen-bond acceptors (Lipinski definition) is 3. The average Bonchev–Trinajstić information content (AvgIpc) is 2.67. The van der Waals surface area contributed by atoms with E-state index in [4.69, 9.17) is 0 Å². The van der Waals surface area contributed by atoms with Crippen LogP contribution in [-0.2, 0) is 4.79 Å². The smallest absolute Gasteiger partial charge is 0.237 e. The predicted octanol–water partition coefficient (Wildman–Crippen LogP) is 1.41. The quantitative estimate of drug-likeness (QED) is 0.696. The maximum atomic E-state index is 11.9. The summed E-state index contributed by atoms with van der Waals surface area (Å²) in [4.78, 5) is 11.9. The van der Waals surface area contributed by atoms with E-state index in [1.54, 1.807) is 0 Å². The summed E-state index contributed by atoms with van der Waals surface area (Å²) in [7, 11) is 0. The van der Waals surface area contributed by atoms with Gasteiger partial charge >= 0.3 is 0 Å². The number of hydrogen-bond donors (Lipinski definition) is 3. The minimum absolute atomic E-state index is 0.0775. The van der Waals surface area contributed by atoms with Crippen LogP contribution in [0.2, 0.25) is 0 Å². The highest BCUT2D eigenvalue weighted by molar-refractivity contribution is 5.81. The fourth-order valence-corrected chi connectivity index (χ4v) is 2.43. The van der Waals surface area contributed by atoms with Crippen molar-refractivity contribution in [3.8, 4) is 0 Å². The normalized spacial score (nSPS) is 23.7. The molecule has 4 nitrogen and oxygen atoms in total. The third kappa shape index (κ3) is 5.83. The third-order valence-electron chi connectivity index (χ3n) is 3.23. The Balaban J connectivity index is 2.29. The lowest BCUT2D eigenvalue weighted by atomic mass is 10.1. The van der Waals surface area contributed by atoms with Crippen molar-refractivity contribution in [2.45, 2.75) is 77.5 Å². The van der Waals surface area contributed by atoms with Gasteiger partial charge in [-0.05, 0) is 60.4 Å². The third-order valence-corrected chi connectivity index (χ3v) is 3.23. The van der Waals surface area contributed by atoms with E-state index >= 15 is 0 Å². The first-order chi connectivity index (χ1) is 8.28. The van der Waals surface area contributed by atoms with Crippen LogP contribution in [0.15, 0.2) is 0 Å². The molecular formula is C14H29N3O. The Labute approximate surface area is 111 Å². The van der Waals surface area contributed by atoms with Gasteiger partial charge in [-0.1, -0.05) is 0 Å². The van der Waals surface area contributed by atoms with Crippen LogP contribution in [0.3, 0.4) is 0 Å². The van der Waals surface area contributed by atoms with Crippen molar-refractivity contribution in [3.05, 3.63) is 0 Å². The van der Waals surface area contributed by atoms with Crippen LogP contribution in [-0.4, -0.2) is 36.1 Å². The van der Waals surface area contributed by atoms with Gasteiger partial charge in [-0.15, -0.1) is 0 Å². The summed E-state index contributed by atoms with van der Waals surface area (Å²) < 4.78 is 0. The molecule has 1 rings (SSSR count). The van der Waals surface area contributed by atoms with Crippen molar-refractivity contribution in [1.82, 2.24) is 16.0 Å². The molecule has 1 aliphatic heterocycles. The number of carbonyl (C=O) groups is 1. The number of carbonyl (C=O) groups excluding carboxylic acids is 1. The highest BCUT2D eigenvalue weighted by Gasteiger charge is 2.22. The fourth-order valence-electron chi connectivity index (χ4n) is 2.43. The summed E-state index contributed by atoms with van der Waals surface area (Å²) in [6.45, 7) is 11.2. The van der Waals surface area contributed by atoms with Gasteiger partial charge in [-0.25, -0.2) is 0 Å². The van der Waals surface area contributed by atoms with E-state index in [2.05, 4.69) is 22.9 Å². The Morgan fingerprint density at radius 1 is 1.39 bits per heavy atom. The number of rotatable bonds is 5. The first-order valence-electron chi connectivity index (χ1n) is 7.09. The van der Waals surface area contributed by atoms with Gasteiger partial charge in [0.1, 0.15) is 0 Å². The van der Waals surface area contributed by atoms with Crippen molar-refractivity contribution < 1.29 is 4.79 Å². The second-order valence-corrected chi connectivity index (χ2v) is 6.56. The maximum absolute atomic E-state index is 11.9. The zero-order valence-electron chi connectivity index (χ0n) is 12.5. The molecular weight excluding hydrogens is 226 g/mol. The molecule has 1 fully saturated rings. The Kier molecular flexibility index (Phi) is 5.60. The molecule has 0 aromatic carbocycles. The molecule has 0 aromatic heterocycles. The molecule has 1 amide bonds. The largest absolute Gasteiger partial charge is 0.350 e. The van der Waals surface area contributed by atoms with Gasteiger partial charge in [-0.3, -0.25) is 4.79 Å². The zero-order valence-corrected chi connectivity index (χ0v) is 12.5. The van der Waals surface area contributed by atoms with Gasteiger partial charge in [0, 0.05) is 17.6 Å². The van der Waals surface area contributed by atoms with Gasteiger partial charge in [0.15, 0.2) is 0 Å². The van der Waals surface area contributed by atoms with E-state index in [0.717, 1.165) is 13.0 Å². The topological polar surface area (TPSA) is 53.2 Å². The molecule has 1 heterocycles. The Morgan fingerprint density at radius 2 is 2.06 bits per heavy atom. The second kappa shape index (κ2) is 6.53. The summed E-state index contributed by atoms with van der Waals surface area (Å²) >= 11 is 0. The average molecular weight is 255 g/mol. The monoisotopic (exact) mass is 255 g/mol. The van der Waals surface area contributed by atoms with Crippen molar-refractivity contribution in [3.63, 3.8) is 0 Å². The van der Waals surface area contributed by atoms with E-state index in [-0.39, 0.29) is 17.5 Å². The van der Waals surface area contributed by atoms with Crippen LogP contribution in [0.25, 0.3) is 0 Å². The highest BCUT2D eigenvalue weighted by atomic mass is 16.2. The van der Waals surface area contributed by atoms with Gasteiger partial charge in [-0.2, -0.15) is 0 Å². The molecule has 0 aliphatic carbocycles. The number of amides is 1. The first kappa shape index (κ1) is 15.4. The van der Waals surface area contributed by atoms with Gasteiger partial charge < -0.3 is 16.0 Å². The van der Waals surface area contributed by atoms with E-state index in [9.17, 15) is 4.79 Å². The lowest BCUT2D eigenvalue weighted by Crippen LogP contribution is -2.51. The molecule has 0 radical (unpaired) electrons. The highest BCUT2D eigenvalue weighted by Crippen LogP contribution is 2.11. The van der Waals surface area contributed by atoms with E-state index in [0.29, 0.717) is 12.1 Å². The second-order valence-electron chi connectivity index (χ2n) is 6.56. The molecule has 106 valence electrons. The first-order valence-corrected chi connectivity index (χ1v) is 7.09. The van der Waals surface area contributed by atoms with Crippen LogP contribution in [0, 0.1) is 0 Å². The van der Waals surface area contributed by atoms with Crippen LogP contribution >= 0.6 is 0 Å². The van der Waals surface area contributed by atoms with Crippen molar-refractivity contribution >= 4 is 5.91 Å². The van der Waals surface area contributed by atoms with E-state index in [1.807, 2.05) is 27.7 Å². The number of nitrogens with one attached hydrogen (secondary N) is 3. The predicted molar refractivity (Wildman–Crippen MR) is 75.6 cm³/mol. The molecule has 1 aliphatic rings. The van der Waals surface area contributed by atoms with Crippen LogP contribution in [0.1, 0.15) is 53.9 Å².